The van der Waals surface area contributed by atoms with Gasteiger partial charge in [-0.25, -0.2) is 0 Å². The topological polar surface area (TPSA) is 73.9 Å². The fraction of sp³-hybridized carbons (Fsp3) is 0.600. The van der Waals surface area contributed by atoms with Crippen molar-refractivity contribution in [3.05, 3.63) is 16.7 Å². The molecule has 0 aliphatic carbocycles. The molecule has 3 N–H and O–H groups in total. The molecule has 5 nitrogen and oxygen atoms in total. The van der Waals surface area contributed by atoms with E-state index in [1.54, 1.807) is 14.2 Å². The summed E-state index contributed by atoms with van der Waals surface area (Å²) in [5, 5.41) is 9.77. The van der Waals surface area contributed by atoms with Gasteiger partial charge in [0.2, 0.25) is 5.75 Å². The van der Waals surface area contributed by atoms with Crippen molar-refractivity contribution in [3.63, 3.8) is 0 Å². The summed E-state index contributed by atoms with van der Waals surface area (Å²) in [6.45, 7) is 2.53. The molecule has 120 valence electrons. The number of nitrogens with two attached hydrogens (primary N) is 1. The Kier molecular flexibility index (Phi) is 7.08. The number of hydrogen-bond donors (Lipinski definition) is 2. The van der Waals surface area contributed by atoms with E-state index in [1.165, 1.54) is 7.11 Å². The van der Waals surface area contributed by atoms with Crippen LogP contribution in [-0.2, 0) is 0 Å². The van der Waals surface area contributed by atoms with Crippen LogP contribution in [0, 0.1) is 5.92 Å². The molecule has 1 aromatic carbocycles. The Bertz CT molecular complexity index is 463. The SMILES string of the molecule is COc1c(Cl)cc(C(C)CC(CN)CO)c(OC)c1OC. The second-order valence-corrected chi connectivity index (χ2v) is 5.38. The summed E-state index contributed by atoms with van der Waals surface area (Å²) in [5.41, 5.74) is 6.56. The Labute approximate surface area is 130 Å². The van der Waals surface area contributed by atoms with Crippen LogP contribution in [0.25, 0.3) is 0 Å². The van der Waals surface area contributed by atoms with Crippen LogP contribution >= 0.6 is 11.6 Å². The smallest absolute Gasteiger partial charge is 0.205 e. The van der Waals surface area contributed by atoms with E-state index < -0.39 is 0 Å². The Balaban J connectivity index is 3.25. The van der Waals surface area contributed by atoms with E-state index in [0.717, 1.165) is 12.0 Å². The largest absolute Gasteiger partial charge is 0.492 e. The van der Waals surface area contributed by atoms with Crippen molar-refractivity contribution in [1.82, 2.24) is 0 Å². The summed E-state index contributed by atoms with van der Waals surface area (Å²) in [5.74, 6) is 1.67. The molecule has 0 aliphatic rings. The molecule has 0 saturated carbocycles. The minimum Gasteiger partial charge on any atom is -0.492 e. The van der Waals surface area contributed by atoms with Crippen molar-refractivity contribution >= 4 is 11.6 Å². The van der Waals surface area contributed by atoms with E-state index in [0.29, 0.717) is 28.8 Å². The minimum atomic E-state index is 0.0385. The summed E-state index contributed by atoms with van der Waals surface area (Å²) < 4.78 is 16.1. The molecule has 2 atom stereocenters. The van der Waals surface area contributed by atoms with Gasteiger partial charge in [0.15, 0.2) is 11.5 Å². The van der Waals surface area contributed by atoms with Crippen LogP contribution in [0.2, 0.25) is 5.02 Å². The average molecular weight is 318 g/mol. The molecule has 1 aromatic rings. The average Bonchev–Trinajstić information content (AvgIpc) is 2.50. The van der Waals surface area contributed by atoms with E-state index in [4.69, 9.17) is 31.5 Å². The normalized spacial score (nSPS) is 13.7. The Morgan fingerprint density at radius 3 is 2.14 bits per heavy atom. The lowest BCUT2D eigenvalue weighted by Gasteiger charge is -2.23. The lowest BCUT2D eigenvalue weighted by Crippen LogP contribution is -2.20. The summed E-state index contributed by atoms with van der Waals surface area (Å²) in [6.07, 6.45) is 0.731. The molecule has 0 aliphatic heterocycles. The first-order chi connectivity index (χ1) is 10.0. The van der Waals surface area contributed by atoms with E-state index >= 15 is 0 Å². The maximum Gasteiger partial charge on any atom is 0.205 e. The second kappa shape index (κ2) is 8.32. The summed E-state index contributed by atoms with van der Waals surface area (Å²) in [4.78, 5) is 0. The highest BCUT2D eigenvalue weighted by molar-refractivity contribution is 6.32. The molecule has 0 aromatic heterocycles. The van der Waals surface area contributed by atoms with Crippen molar-refractivity contribution in [2.75, 3.05) is 34.5 Å². The molecule has 0 heterocycles. The molecular weight excluding hydrogens is 294 g/mol. The first-order valence-electron chi connectivity index (χ1n) is 6.83. The van der Waals surface area contributed by atoms with Gasteiger partial charge in [0, 0.05) is 12.2 Å². The predicted octanol–water partition coefficient (Wildman–Crippen LogP) is 2.43. The molecular formula is C15H24ClNO4. The summed E-state index contributed by atoms with van der Waals surface area (Å²) in [7, 11) is 4.65. The second-order valence-electron chi connectivity index (χ2n) is 4.97. The molecule has 1 rings (SSSR count). The van der Waals surface area contributed by atoms with Crippen LogP contribution in [-0.4, -0.2) is 39.6 Å². The molecule has 0 saturated heterocycles. The lowest BCUT2D eigenvalue weighted by molar-refractivity contribution is 0.216. The highest BCUT2D eigenvalue weighted by atomic mass is 35.5. The highest BCUT2D eigenvalue weighted by Crippen LogP contribution is 2.47. The lowest BCUT2D eigenvalue weighted by atomic mass is 9.89. The molecule has 0 amide bonds. The number of ether oxygens (including phenoxy) is 3. The van der Waals surface area contributed by atoms with Gasteiger partial charge >= 0.3 is 0 Å². The highest BCUT2D eigenvalue weighted by Gasteiger charge is 2.24. The van der Waals surface area contributed by atoms with E-state index in [9.17, 15) is 5.11 Å². The van der Waals surface area contributed by atoms with Gasteiger partial charge in [0.1, 0.15) is 0 Å². The monoisotopic (exact) mass is 317 g/mol. The van der Waals surface area contributed by atoms with Crippen molar-refractivity contribution in [1.29, 1.82) is 0 Å². The number of methoxy groups -OCH3 is 3. The van der Waals surface area contributed by atoms with Crippen molar-refractivity contribution in [2.24, 2.45) is 11.7 Å². The molecule has 0 spiro atoms. The van der Waals surface area contributed by atoms with Crippen LogP contribution in [0.5, 0.6) is 17.2 Å². The predicted molar refractivity (Wildman–Crippen MR) is 83.8 cm³/mol. The molecule has 2 unspecified atom stereocenters. The maximum absolute atomic E-state index is 9.30. The third kappa shape index (κ3) is 3.93. The Hall–Kier alpha value is -1.17. The van der Waals surface area contributed by atoms with E-state index in [1.807, 2.05) is 13.0 Å². The standard InChI is InChI=1S/C15H24ClNO4/c1-9(5-10(7-17)8-18)11-6-12(16)14(20-3)15(21-4)13(11)19-2/h6,9-10,18H,5,7-8,17H2,1-4H3. The first kappa shape index (κ1) is 17.9. The van der Waals surface area contributed by atoms with Gasteiger partial charge in [-0.1, -0.05) is 18.5 Å². The molecule has 6 heteroatoms. The van der Waals surface area contributed by atoms with Crippen LogP contribution < -0.4 is 19.9 Å². The zero-order valence-electron chi connectivity index (χ0n) is 13.0. The maximum atomic E-state index is 9.30. The van der Waals surface area contributed by atoms with Gasteiger partial charge in [-0.05, 0) is 30.9 Å². The summed E-state index contributed by atoms with van der Waals surface area (Å²) in [6, 6.07) is 1.82. The van der Waals surface area contributed by atoms with Gasteiger partial charge < -0.3 is 25.1 Å². The van der Waals surface area contributed by atoms with Crippen LogP contribution in [0.15, 0.2) is 6.07 Å². The van der Waals surface area contributed by atoms with Gasteiger partial charge in [0.25, 0.3) is 0 Å². The number of aliphatic hydroxyl groups excluding tert-OH is 1. The van der Waals surface area contributed by atoms with E-state index in [-0.39, 0.29) is 18.4 Å². The van der Waals surface area contributed by atoms with E-state index in [2.05, 4.69) is 0 Å². The number of rotatable bonds is 8. The van der Waals surface area contributed by atoms with Crippen molar-refractivity contribution < 1.29 is 19.3 Å². The van der Waals surface area contributed by atoms with Gasteiger partial charge in [-0.15, -0.1) is 0 Å². The van der Waals surface area contributed by atoms with Crippen molar-refractivity contribution in [3.8, 4) is 17.2 Å². The van der Waals surface area contributed by atoms with Crippen LogP contribution in [0.4, 0.5) is 0 Å². The quantitative estimate of drug-likeness (QED) is 0.770. The van der Waals surface area contributed by atoms with Crippen LogP contribution in [0.1, 0.15) is 24.8 Å². The Morgan fingerprint density at radius 1 is 1.14 bits per heavy atom. The third-order valence-corrected chi connectivity index (χ3v) is 3.88. The minimum absolute atomic E-state index is 0.0385. The van der Waals surface area contributed by atoms with Gasteiger partial charge in [-0.3, -0.25) is 0 Å². The number of halogens is 1. The molecule has 0 fully saturated rings. The molecule has 21 heavy (non-hydrogen) atoms. The van der Waals surface area contributed by atoms with Crippen LogP contribution in [0.3, 0.4) is 0 Å². The molecule has 0 bridgehead atoms. The van der Waals surface area contributed by atoms with Crippen molar-refractivity contribution in [2.45, 2.75) is 19.3 Å². The Morgan fingerprint density at radius 2 is 1.71 bits per heavy atom. The number of aliphatic hydroxyl groups is 1. The zero-order valence-corrected chi connectivity index (χ0v) is 13.7. The number of benzene rings is 1. The fourth-order valence-electron chi connectivity index (χ4n) is 2.43. The molecule has 0 radical (unpaired) electrons. The summed E-state index contributed by atoms with van der Waals surface area (Å²) >= 11 is 6.26. The zero-order chi connectivity index (χ0) is 16.0. The van der Waals surface area contributed by atoms with Gasteiger partial charge in [0.05, 0.1) is 26.4 Å². The third-order valence-electron chi connectivity index (χ3n) is 3.60. The fourth-order valence-corrected chi connectivity index (χ4v) is 2.72. The first-order valence-corrected chi connectivity index (χ1v) is 7.20. The van der Waals surface area contributed by atoms with Gasteiger partial charge in [-0.2, -0.15) is 0 Å². The number of hydrogen-bond acceptors (Lipinski definition) is 5.